The van der Waals surface area contributed by atoms with Crippen molar-refractivity contribution in [1.29, 1.82) is 0 Å². The van der Waals surface area contributed by atoms with Crippen molar-refractivity contribution in [2.24, 2.45) is 0 Å². The fourth-order valence-corrected chi connectivity index (χ4v) is 3.70. The summed E-state index contributed by atoms with van der Waals surface area (Å²) in [5.74, 6) is 0. The van der Waals surface area contributed by atoms with Crippen molar-refractivity contribution in [2.45, 2.75) is 43.2 Å². The molecule has 1 saturated heterocycles. The van der Waals surface area contributed by atoms with Crippen molar-refractivity contribution < 1.29 is 14.5 Å². The summed E-state index contributed by atoms with van der Waals surface area (Å²) in [5.41, 5.74) is 0.745. The summed E-state index contributed by atoms with van der Waals surface area (Å²) in [6.07, 6.45) is 2.57. The predicted octanol–water partition coefficient (Wildman–Crippen LogP) is 2.36. The number of nitrogens with one attached hydrogen (secondary N) is 1. The van der Waals surface area contributed by atoms with Gasteiger partial charge in [-0.3, -0.25) is 15.0 Å². The van der Waals surface area contributed by atoms with Gasteiger partial charge in [0.2, 0.25) is 0 Å². The number of carbonyl (C=O) groups is 1. The van der Waals surface area contributed by atoms with E-state index in [1.807, 2.05) is 0 Å². The number of non-ortho nitro benzene ring substituents is 1. The van der Waals surface area contributed by atoms with Crippen LogP contribution >= 0.6 is 12.6 Å². The lowest BCUT2D eigenvalue weighted by molar-refractivity contribution is -0.384. The summed E-state index contributed by atoms with van der Waals surface area (Å²) in [6.45, 7) is 2.17. The minimum absolute atomic E-state index is 0.0228. The van der Waals surface area contributed by atoms with Crippen LogP contribution in [0, 0.1) is 10.1 Å². The van der Waals surface area contributed by atoms with E-state index >= 15 is 0 Å². The Morgan fingerprint density at radius 2 is 2.04 bits per heavy atom. The Hall–Kier alpha value is -1.80. The van der Waals surface area contributed by atoms with Gasteiger partial charge in [0.1, 0.15) is 6.61 Å². The lowest BCUT2D eigenvalue weighted by atomic mass is 10.1. The Kier molecular flexibility index (Phi) is 5.25. The highest BCUT2D eigenvalue weighted by Gasteiger charge is 2.35. The van der Waals surface area contributed by atoms with Gasteiger partial charge >= 0.3 is 6.09 Å². The van der Waals surface area contributed by atoms with Gasteiger partial charge in [0.05, 0.1) is 4.92 Å². The average molecular weight is 351 g/mol. The lowest BCUT2D eigenvalue weighted by Crippen LogP contribution is -2.52. The number of nitrogens with zero attached hydrogens (tertiary/aromatic N) is 2. The Labute approximate surface area is 145 Å². The zero-order valence-electron chi connectivity index (χ0n) is 13.3. The second-order valence-corrected chi connectivity index (χ2v) is 7.15. The van der Waals surface area contributed by atoms with Gasteiger partial charge in [-0.25, -0.2) is 4.79 Å². The van der Waals surface area contributed by atoms with Gasteiger partial charge in [0.25, 0.3) is 5.69 Å². The van der Waals surface area contributed by atoms with Gasteiger partial charge in [-0.05, 0) is 37.0 Å². The Morgan fingerprint density at radius 3 is 2.67 bits per heavy atom. The smallest absolute Gasteiger partial charge is 0.407 e. The molecule has 2 aliphatic rings. The summed E-state index contributed by atoms with van der Waals surface area (Å²) < 4.78 is 5.20. The maximum Gasteiger partial charge on any atom is 0.407 e. The number of nitro benzene ring substituents is 1. The Morgan fingerprint density at radius 1 is 1.33 bits per heavy atom. The van der Waals surface area contributed by atoms with E-state index in [2.05, 4.69) is 22.8 Å². The third-order valence-corrected chi connectivity index (χ3v) is 4.98. The summed E-state index contributed by atoms with van der Waals surface area (Å²) in [6, 6.07) is 6.68. The number of thiol groups is 1. The molecule has 2 fully saturated rings. The zero-order valence-corrected chi connectivity index (χ0v) is 14.2. The van der Waals surface area contributed by atoms with Crippen LogP contribution < -0.4 is 5.32 Å². The zero-order chi connectivity index (χ0) is 17.1. The van der Waals surface area contributed by atoms with Crippen LogP contribution in [0.1, 0.15) is 24.8 Å². The minimum Gasteiger partial charge on any atom is -0.445 e. The first-order valence-electron chi connectivity index (χ1n) is 8.10. The van der Waals surface area contributed by atoms with E-state index in [0.717, 1.165) is 37.9 Å². The van der Waals surface area contributed by atoms with Gasteiger partial charge in [0.15, 0.2) is 0 Å². The fourth-order valence-electron chi connectivity index (χ4n) is 3.28. The largest absolute Gasteiger partial charge is 0.445 e. The van der Waals surface area contributed by atoms with E-state index < -0.39 is 11.0 Å². The molecule has 0 bridgehead atoms. The second-order valence-electron chi connectivity index (χ2n) is 6.42. The molecule has 24 heavy (non-hydrogen) atoms. The summed E-state index contributed by atoms with van der Waals surface area (Å²) >= 11 is 4.43. The number of ether oxygens (including phenoxy) is 1. The summed E-state index contributed by atoms with van der Waals surface area (Å²) in [7, 11) is 0. The Balaban J connectivity index is 1.39. The molecule has 0 aromatic heterocycles. The van der Waals surface area contributed by atoms with Gasteiger partial charge < -0.3 is 10.1 Å². The highest BCUT2D eigenvalue weighted by molar-refractivity contribution is 7.81. The number of likely N-dealkylation sites (tertiary alicyclic amines) is 1. The third kappa shape index (κ3) is 4.18. The van der Waals surface area contributed by atoms with Crippen LogP contribution in [0.3, 0.4) is 0 Å². The van der Waals surface area contributed by atoms with Crippen LogP contribution in [0.4, 0.5) is 10.5 Å². The standard InChI is InChI=1S/C16H21N3O4S/c20-16(23-10-11-1-4-13(5-2-11)19(21)22)17-12-3-6-14(7-12)18-8-15(24)9-18/h1-2,4-5,12,14-15,24H,3,6-10H2,(H,17,20)/t12-,14-/m1/s1. The first-order valence-corrected chi connectivity index (χ1v) is 8.61. The van der Waals surface area contributed by atoms with Crippen molar-refractivity contribution in [2.75, 3.05) is 13.1 Å². The Bertz CT molecular complexity index is 604. The monoisotopic (exact) mass is 351 g/mol. The van der Waals surface area contributed by atoms with Crippen LogP contribution in [0.2, 0.25) is 0 Å². The highest BCUT2D eigenvalue weighted by Crippen LogP contribution is 2.29. The molecule has 1 aromatic carbocycles. The molecule has 1 saturated carbocycles. The van der Waals surface area contributed by atoms with Crippen molar-refractivity contribution in [3.63, 3.8) is 0 Å². The molecular formula is C16H21N3O4S. The van der Waals surface area contributed by atoms with E-state index in [-0.39, 0.29) is 18.3 Å². The van der Waals surface area contributed by atoms with Gasteiger partial charge in [-0.2, -0.15) is 12.6 Å². The number of rotatable bonds is 5. The molecule has 1 aliphatic heterocycles. The first-order chi connectivity index (χ1) is 11.5. The number of hydrogen-bond acceptors (Lipinski definition) is 6. The maximum absolute atomic E-state index is 11.9. The van der Waals surface area contributed by atoms with Crippen molar-refractivity contribution >= 4 is 24.4 Å². The maximum atomic E-state index is 11.9. The molecule has 1 aromatic rings. The first kappa shape index (κ1) is 17.0. The van der Waals surface area contributed by atoms with Crippen LogP contribution in [-0.2, 0) is 11.3 Å². The van der Waals surface area contributed by atoms with Gasteiger partial charge in [-0.15, -0.1) is 0 Å². The number of nitro groups is 1. The summed E-state index contributed by atoms with van der Waals surface area (Å²) in [5, 5.41) is 14.0. The molecule has 0 radical (unpaired) electrons. The van der Waals surface area contributed by atoms with Crippen LogP contribution in [0.25, 0.3) is 0 Å². The van der Waals surface area contributed by atoms with E-state index in [1.54, 1.807) is 12.1 Å². The normalized spacial score (nSPS) is 24.4. The quantitative estimate of drug-likeness (QED) is 0.483. The van der Waals surface area contributed by atoms with Gasteiger partial charge in [0, 0.05) is 42.6 Å². The third-order valence-electron chi connectivity index (χ3n) is 4.65. The van der Waals surface area contributed by atoms with Crippen molar-refractivity contribution in [3.8, 4) is 0 Å². The topological polar surface area (TPSA) is 84.7 Å². The average Bonchev–Trinajstić information content (AvgIpc) is 2.98. The van der Waals surface area contributed by atoms with Crippen LogP contribution in [-0.4, -0.2) is 46.3 Å². The number of benzene rings is 1. The molecule has 1 N–H and O–H groups in total. The second kappa shape index (κ2) is 7.40. The molecule has 0 spiro atoms. The number of carbonyl (C=O) groups excluding carboxylic acids is 1. The van der Waals surface area contributed by atoms with E-state index in [4.69, 9.17) is 4.74 Å². The molecule has 1 aliphatic carbocycles. The van der Waals surface area contributed by atoms with Crippen LogP contribution in [0.5, 0.6) is 0 Å². The molecule has 0 unspecified atom stereocenters. The number of alkyl carbamates (subject to hydrolysis) is 1. The van der Waals surface area contributed by atoms with Crippen molar-refractivity contribution in [1.82, 2.24) is 10.2 Å². The fraction of sp³-hybridized carbons (Fsp3) is 0.562. The molecular weight excluding hydrogens is 330 g/mol. The molecule has 8 heteroatoms. The van der Waals surface area contributed by atoms with E-state index in [9.17, 15) is 14.9 Å². The molecule has 7 nitrogen and oxygen atoms in total. The highest BCUT2D eigenvalue weighted by atomic mass is 32.1. The van der Waals surface area contributed by atoms with E-state index in [0.29, 0.717) is 11.3 Å². The summed E-state index contributed by atoms with van der Waals surface area (Å²) in [4.78, 5) is 24.4. The number of amides is 1. The molecule has 2 atom stereocenters. The molecule has 3 rings (SSSR count). The number of hydrogen-bond donors (Lipinski definition) is 2. The SMILES string of the molecule is O=C(N[C@@H]1CC[C@@H](N2CC(S)C2)C1)OCc1ccc([N+](=O)[O-])cc1. The van der Waals surface area contributed by atoms with E-state index in [1.165, 1.54) is 12.1 Å². The lowest BCUT2D eigenvalue weighted by Gasteiger charge is -2.41. The van der Waals surface area contributed by atoms with Crippen molar-refractivity contribution in [3.05, 3.63) is 39.9 Å². The molecule has 1 heterocycles. The molecule has 1 amide bonds. The minimum atomic E-state index is -0.456. The van der Waals surface area contributed by atoms with Crippen LogP contribution in [0.15, 0.2) is 24.3 Å². The predicted molar refractivity (Wildman–Crippen MR) is 92.2 cm³/mol. The van der Waals surface area contributed by atoms with Gasteiger partial charge in [-0.1, -0.05) is 0 Å². The molecule has 130 valence electrons.